The van der Waals surface area contributed by atoms with E-state index in [1.54, 1.807) is 18.2 Å². The summed E-state index contributed by atoms with van der Waals surface area (Å²) >= 11 is 6.18. The van der Waals surface area contributed by atoms with Gasteiger partial charge in [0, 0.05) is 11.6 Å². The molecule has 0 heterocycles. The number of nitrogens with two attached hydrogens (primary N) is 1. The van der Waals surface area contributed by atoms with Gasteiger partial charge in [-0.2, -0.15) is 0 Å². The highest BCUT2D eigenvalue weighted by Gasteiger charge is 2.11. The van der Waals surface area contributed by atoms with Crippen molar-refractivity contribution in [1.82, 2.24) is 0 Å². The Morgan fingerprint density at radius 2 is 1.76 bits per heavy atom. The van der Waals surface area contributed by atoms with Crippen LogP contribution in [0.2, 0.25) is 5.02 Å². The maximum absolute atomic E-state index is 11.3. The van der Waals surface area contributed by atoms with Gasteiger partial charge >= 0.3 is 0 Å². The molecule has 1 amide bonds. The Morgan fingerprint density at radius 1 is 1.14 bits per heavy atom. The van der Waals surface area contributed by atoms with Crippen molar-refractivity contribution >= 4 is 23.2 Å². The number of amides is 1. The van der Waals surface area contributed by atoms with E-state index in [1.165, 1.54) is 16.7 Å². The standard InChI is InChI=1S/C17H19ClN2O/c1-10-6-11(2)8-14(7-10)12(3)20-16-9-13(17(19)21)4-5-15(16)18/h4-9,12,20H,1-3H3,(H2,19,21). The van der Waals surface area contributed by atoms with Crippen LogP contribution in [0, 0.1) is 13.8 Å². The molecule has 2 rings (SSSR count). The Labute approximate surface area is 130 Å². The molecule has 1 atom stereocenters. The number of carbonyl (C=O) groups excluding carboxylic acids is 1. The molecule has 4 heteroatoms. The first kappa shape index (κ1) is 15.4. The molecule has 0 aliphatic carbocycles. The van der Waals surface area contributed by atoms with Gasteiger partial charge in [-0.1, -0.05) is 40.9 Å². The van der Waals surface area contributed by atoms with Crippen LogP contribution in [0.4, 0.5) is 5.69 Å². The van der Waals surface area contributed by atoms with Gasteiger partial charge in [0.05, 0.1) is 10.7 Å². The van der Waals surface area contributed by atoms with Gasteiger partial charge in [-0.3, -0.25) is 4.79 Å². The quantitative estimate of drug-likeness (QED) is 0.888. The van der Waals surface area contributed by atoms with Gasteiger partial charge < -0.3 is 11.1 Å². The van der Waals surface area contributed by atoms with Crippen LogP contribution >= 0.6 is 11.6 Å². The van der Waals surface area contributed by atoms with Crippen molar-refractivity contribution in [3.63, 3.8) is 0 Å². The number of carbonyl (C=O) groups is 1. The number of halogens is 1. The first-order valence-electron chi connectivity index (χ1n) is 6.81. The Morgan fingerprint density at radius 3 is 2.33 bits per heavy atom. The SMILES string of the molecule is Cc1cc(C)cc(C(C)Nc2cc(C(N)=O)ccc2Cl)c1. The molecule has 0 fully saturated rings. The number of hydrogen-bond donors (Lipinski definition) is 2. The van der Waals surface area contributed by atoms with Crippen LogP contribution in [0.5, 0.6) is 0 Å². The van der Waals surface area contributed by atoms with Crippen LogP contribution in [0.25, 0.3) is 0 Å². The Balaban J connectivity index is 2.28. The van der Waals surface area contributed by atoms with E-state index in [1.807, 2.05) is 0 Å². The summed E-state index contributed by atoms with van der Waals surface area (Å²) in [5.74, 6) is -0.464. The maximum Gasteiger partial charge on any atom is 0.248 e. The second-order valence-electron chi connectivity index (χ2n) is 5.35. The summed E-state index contributed by atoms with van der Waals surface area (Å²) in [7, 11) is 0. The second-order valence-corrected chi connectivity index (χ2v) is 5.75. The van der Waals surface area contributed by atoms with Gasteiger partial charge in [-0.25, -0.2) is 0 Å². The van der Waals surface area contributed by atoms with Crippen molar-refractivity contribution in [3.8, 4) is 0 Å². The minimum Gasteiger partial charge on any atom is -0.377 e. The summed E-state index contributed by atoms with van der Waals surface area (Å²) in [4.78, 5) is 11.3. The molecule has 0 saturated carbocycles. The fourth-order valence-electron chi connectivity index (χ4n) is 2.37. The van der Waals surface area contributed by atoms with Crippen molar-refractivity contribution in [3.05, 3.63) is 63.7 Å². The predicted molar refractivity (Wildman–Crippen MR) is 87.9 cm³/mol. The average Bonchev–Trinajstić information content (AvgIpc) is 2.39. The van der Waals surface area contributed by atoms with E-state index in [0.717, 1.165) is 0 Å². The molecule has 0 bridgehead atoms. The Hall–Kier alpha value is -2.00. The molecule has 0 spiro atoms. The van der Waals surface area contributed by atoms with Crippen LogP contribution in [-0.4, -0.2) is 5.91 Å². The summed E-state index contributed by atoms with van der Waals surface area (Å²) in [6.07, 6.45) is 0. The number of hydrogen-bond acceptors (Lipinski definition) is 2. The number of primary amides is 1. The van der Waals surface area contributed by atoms with E-state index in [0.29, 0.717) is 16.3 Å². The molecule has 0 saturated heterocycles. The largest absolute Gasteiger partial charge is 0.377 e. The first-order chi connectivity index (χ1) is 9.86. The zero-order valence-electron chi connectivity index (χ0n) is 12.4. The fourth-order valence-corrected chi connectivity index (χ4v) is 2.54. The van der Waals surface area contributed by atoms with Crippen LogP contribution in [0.15, 0.2) is 36.4 Å². The Bertz CT molecular complexity index is 662. The molecule has 0 radical (unpaired) electrons. The average molecular weight is 303 g/mol. The van der Waals surface area contributed by atoms with E-state index >= 15 is 0 Å². The molecular formula is C17H19ClN2O. The minimum absolute atomic E-state index is 0.0734. The number of nitrogens with one attached hydrogen (secondary N) is 1. The van der Waals surface area contributed by atoms with E-state index in [-0.39, 0.29) is 6.04 Å². The lowest BCUT2D eigenvalue weighted by Crippen LogP contribution is -2.12. The van der Waals surface area contributed by atoms with Crippen LogP contribution in [-0.2, 0) is 0 Å². The third-order valence-corrected chi connectivity index (χ3v) is 3.70. The van der Waals surface area contributed by atoms with E-state index < -0.39 is 5.91 Å². The van der Waals surface area contributed by atoms with Crippen molar-refractivity contribution in [2.24, 2.45) is 5.73 Å². The molecule has 21 heavy (non-hydrogen) atoms. The van der Waals surface area contributed by atoms with Crippen molar-refractivity contribution in [2.45, 2.75) is 26.8 Å². The summed E-state index contributed by atoms with van der Waals surface area (Å²) in [6.45, 7) is 6.20. The lowest BCUT2D eigenvalue weighted by Gasteiger charge is -2.18. The molecule has 3 nitrogen and oxygen atoms in total. The molecule has 0 aliphatic rings. The molecular weight excluding hydrogens is 284 g/mol. The fraction of sp³-hybridized carbons (Fsp3) is 0.235. The van der Waals surface area contributed by atoms with Gasteiger partial charge in [-0.05, 0) is 44.5 Å². The zero-order valence-corrected chi connectivity index (χ0v) is 13.2. The molecule has 2 aromatic rings. The van der Waals surface area contributed by atoms with Crippen LogP contribution < -0.4 is 11.1 Å². The van der Waals surface area contributed by atoms with E-state index in [2.05, 4.69) is 44.3 Å². The third kappa shape index (κ3) is 3.76. The molecule has 0 aliphatic heterocycles. The molecule has 3 N–H and O–H groups in total. The second kappa shape index (κ2) is 6.19. The molecule has 2 aromatic carbocycles. The van der Waals surface area contributed by atoms with E-state index in [9.17, 15) is 4.79 Å². The van der Waals surface area contributed by atoms with Crippen LogP contribution in [0.1, 0.15) is 40.0 Å². The lowest BCUT2D eigenvalue weighted by molar-refractivity contribution is 0.100. The highest BCUT2D eigenvalue weighted by molar-refractivity contribution is 6.33. The van der Waals surface area contributed by atoms with Crippen molar-refractivity contribution < 1.29 is 4.79 Å². The van der Waals surface area contributed by atoms with Crippen molar-refractivity contribution in [2.75, 3.05) is 5.32 Å². The monoisotopic (exact) mass is 302 g/mol. The smallest absolute Gasteiger partial charge is 0.248 e. The lowest BCUT2D eigenvalue weighted by atomic mass is 10.0. The first-order valence-corrected chi connectivity index (χ1v) is 7.18. The summed E-state index contributed by atoms with van der Waals surface area (Å²) in [5, 5.41) is 3.90. The topological polar surface area (TPSA) is 55.1 Å². The highest BCUT2D eigenvalue weighted by atomic mass is 35.5. The van der Waals surface area contributed by atoms with Crippen molar-refractivity contribution in [1.29, 1.82) is 0 Å². The van der Waals surface area contributed by atoms with Gasteiger partial charge in [0.25, 0.3) is 0 Å². The van der Waals surface area contributed by atoms with Crippen LogP contribution in [0.3, 0.4) is 0 Å². The van der Waals surface area contributed by atoms with Gasteiger partial charge in [0.2, 0.25) is 5.91 Å². The number of anilines is 1. The minimum atomic E-state index is -0.464. The summed E-state index contributed by atoms with van der Waals surface area (Å²) < 4.78 is 0. The summed E-state index contributed by atoms with van der Waals surface area (Å²) in [5.41, 5.74) is 10.1. The van der Waals surface area contributed by atoms with Gasteiger partial charge in [0.15, 0.2) is 0 Å². The van der Waals surface area contributed by atoms with Gasteiger partial charge in [-0.15, -0.1) is 0 Å². The summed E-state index contributed by atoms with van der Waals surface area (Å²) in [6, 6.07) is 11.5. The highest BCUT2D eigenvalue weighted by Crippen LogP contribution is 2.28. The number of rotatable bonds is 4. The number of benzene rings is 2. The molecule has 1 unspecified atom stereocenters. The Kier molecular flexibility index (Phi) is 4.53. The van der Waals surface area contributed by atoms with Gasteiger partial charge in [0.1, 0.15) is 0 Å². The molecule has 0 aromatic heterocycles. The third-order valence-electron chi connectivity index (χ3n) is 3.37. The predicted octanol–water partition coefficient (Wildman–Crippen LogP) is 4.23. The molecule has 110 valence electrons. The maximum atomic E-state index is 11.3. The zero-order chi connectivity index (χ0) is 15.6. The number of aryl methyl sites for hydroxylation is 2. The van der Waals surface area contributed by atoms with E-state index in [4.69, 9.17) is 17.3 Å². The normalized spacial score (nSPS) is 12.0.